The van der Waals surface area contributed by atoms with Crippen molar-refractivity contribution in [1.29, 1.82) is 0 Å². The topological polar surface area (TPSA) is 114 Å². The Morgan fingerprint density at radius 2 is 1.92 bits per heavy atom. The lowest BCUT2D eigenvalue weighted by Gasteiger charge is -2.13. The van der Waals surface area contributed by atoms with E-state index in [0.29, 0.717) is 5.69 Å². The van der Waals surface area contributed by atoms with Crippen molar-refractivity contribution in [2.75, 3.05) is 5.32 Å². The first-order valence-corrected chi connectivity index (χ1v) is 7.55. The number of benzene rings is 1. The van der Waals surface area contributed by atoms with Crippen molar-refractivity contribution in [3.63, 3.8) is 0 Å². The molecule has 1 aromatic rings. The van der Waals surface area contributed by atoms with Crippen LogP contribution < -0.4 is 16.0 Å². The summed E-state index contributed by atoms with van der Waals surface area (Å²) >= 11 is 0. The van der Waals surface area contributed by atoms with E-state index in [4.69, 9.17) is 4.74 Å². The summed E-state index contributed by atoms with van der Waals surface area (Å²) in [4.78, 5) is 46.4. The zero-order valence-electron chi connectivity index (χ0n) is 13.4. The summed E-state index contributed by atoms with van der Waals surface area (Å²) in [6, 6.07) is 5.66. The third kappa shape index (κ3) is 5.38. The Bertz CT molecular complexity index is 669. The normalized spacial score (nSPS) is 14.2. The Morgan fingerprint density at radius 1 is 1.21 bits per heavy atom. The van der Waals surface area contributed by atoms with E-state index < -0.39 is 24.0 Å². The van der Waals surface area contributed by atoms with Crippen molar-refractivity contribution in [1.82, 2.24) is 10.6 Å². The molecule has 3 N–H and O–H groups in total. The minimum absolute atomic E-state index is 0.118. The fourth-order valence-corrected chi connectivity index (χ4v) is 1.87. The molecule has 128 valence electrons. The molecular weight excluding hydrogens is 314 g/mol. The Kier molecular flexibility index (Phi) is 5.51. The second-order valence-corrected chi connectivity index (χ2v) is 5.55. The van der Waals surface area contributed by atoms with Gasteiger partial charge in [-0.1, -0.05) is 6.07 Å². The van der Waals surface area contributed by atoms with Crippen LogP contribution >= 0.6 is 0 Å². The first kappa shape index (κ1) is 17.5. The van der Waals surface area contributed by atoms with Crippen LogP contribution in [0.5, 0.6) is 0 Å². The van der Waals surface area contributed by atoms with E-state index in [-0.39, 0.29) is 17.5 Å². The standard InChI is InChI=1S/C16H19N3O5/c1-9(14(21)19-16(23)18-12-6-7-12)24-15(22)11-4-3-5-13(8-11)17-10(2)20/h3-5,8-9,12H,6-7H2,1-2H3,(H,17,20)(H2,18,19,21,23). The molecule has 1 aliphatic carbocycles. The van der Waals surface area contributed by atoms with Crippen LogP contribution in [0.2, 0.25) is 0 Å². The number of imide groups is 1. The molecule has 4 amide bonds. The van der Waals surface area contributed by atoms with E-state index in [1.165, 1.54) is 26.0 Å². The number of carbonyl (C=O) groups is 4. The summed E-state index contributed by atoms with van der Waals surface area (Å²) in [5.74, 6) is -1.71. The molecule has 0 aliphatic heterocycles. The van der Waals surface area contributed by atoms with Crippen LogP contribution in [0, 0.1) is 0 Å². The lowest BCUT2D eigenvalue weighted by molar-refractivity contribution is -0.127. The van der Waals surface area contributed by atoms with E-state index in [1.54, 1.807) is 12.1 Å². The van der Waals surface area contributed by atoms with E-state index in [0.717, 1.165) is 12.8 Å². The van der Waals surface area contributed by atoms with Crippen LogP contribution in [0.15, 0.2) is 24.3 Å². The van der Waals surface area contributed by atoms with Crippen molar-refractivity contribution in [3.8, 4) is 0 Å². The van der Waals surface area contributed by atoms with Gasteiger partial charge in [0, 0.05) is 18.7 Å². The molecule has 0 bridgehead atoms. The fourth-order valence-electron chi connectivity index (χ4n) is 1.87. The zero-order chi connectivity index (χ0) is 17.7. The highest BCUT2D eigenvalue weighted by atomic mass is 16.5. The second-order valence-electron chi connectivity index (χ2n) is 5.55. The van der Waals surface area contributed by atoms with Crippen molar-refractivity contribution in [2.24, 2.45) is 0 Å². The highest BCUT2D eigenvalue weighted by Gasteiger charge is 2.26. The van der Waals surface area contributed by atoms with E-state index >= 15 is 0 Å². The quantitative estimate of drug-likeness (QED) is 0.700. The van der Waals surface area contributed by atoms with Gasteiger partial charge in [0.25, 0.3) is 5.91 Å². The number of amides is 4. The van der Waals surface area contributed by atoms with Gasteiger partial charge >= 0.3 is 12.0 Å². The fraction of sp³-hybridized carbons (Fsp3) is 0.375. The molecule has 0 aromatic heterocycles. The van der Waals surface area contributed by atoms with Gasteiger partial charge in [-0.2, -0.15) is 0 Å². The third-order valence-electron chi connectivity index (χ3n) is 3.22. The number of urea groups is 1. The number of carbonyl (C=O) groups excluding carboxylic acids is 4. The molecule has 1 aromatic carbocycles. The summed E-state index contributed by atoms with van der Waals surface area (Å²) in [5, 5.41) is 7.27. The molecule has 1 aliphatic rings. The molecule has 8 heteroatoms. The van der Waals surface area contributed by atoms with Gasteiger partial charge < -0.3 is 15.4 Å². The van der Waals surface area contributed by atoms with Crippen molar-refractivity contribution >= 4 is 29.5 Å². The van der Waals surface area contributed by atoms with E-state index in [1.807, 2.05) is 0 Å². The smallest absolute Gasteiger partial charge is 0.338 e. The first-order chi connectivity index (χ1) is 11.3. The molecule has 0 saturated heterocycles. The van der Waals surface area contributed by atoms with Crippen LogP contribution in [0.3, 0.4) is 0 Å². The molecule has 0 radical (unpaired) electrons. The number of hydrogen-bond donors (Lipinski definition) is 3. The highest BCUT2D eigenvalue weighted by molar-refractivity contribution is 5.99. The second kappa shape index (κ2) is 7.58. The number of ether oxygens (including phenoxy) is 1. The number of anilines is 1. The molecule has 2 rings (SSSR count). The maximum absolute atomic E-state index is 12.1. The molecule has 0 spiro atoms. The molecular formula is C16H19N3O5. The van der Waals surface area contributed by atoms with E-state index in [9.17, 15) is 19.2 Å². The minimum atomic E-state index is -1.13. The third-order valence-corrected chi connectivity index (χ3v) is 3.22. The molecule has 24 heavy (non-hydrogen) atoms. The summed E-state index contributed by atoms with van der Waals surface area (Å²) in [6.07, 6.45) is 0.667. The van der Waals surface area contributed by atoms with Gasteiger partial charge in [0.15, 0.2) is 6.10 Å². The van der Waals surface area contributed by atoms with Crippen molar-refractivity contribution in [3.05, 3.63) is 29.8 Å². The van der Waals surface area contributed by atoms with Crippen LogP contribution in [-0.4, -0.2) is 36.0 Å². The zero-order valence-corrected chi connectivity index (χ0v) is 13.4. The Balaban J connectivity index is 1.89. The molecule has 1 fully saturated rings. The van der Waals surface area contributed by atoms with Crippen molar-refractivity contribution in [2.45, 2.75) is 38.8 Å². The van der Waals surface area contributed by atoms with Gasteiger partial charge in [-0.05, 0) is 38.0 Å². The Hall–Kier alpha value is -2.90. The summed E-state index contributed by atoms with van der Waals surface area (Å²) in [6.45, 7) is 2.72. The summed E-state index contributed by atoms with van der Waals surface area (Å²) in [7, 11) is 0. The monoisotopic (exact) mass is 333 g/mol. The van der Waals surface area contributed by atoms with Gasteiger partial charge in [0.05, 0.1) is 5.56 Å². The Morgan fingerprint density at radius 3 is 2.54 bits per heavy atom. The first-order valence-electron chi connectivity index (χ1n) is 7.55. The van der Waals surface area contributed by atoms with Gasteiger partial charge in [0.2, 0.25) is 5.91 Å². The lowest BCUT2D eigenvalue weighted by Crippen LogP contribution is -2.45. The maximum atomic E-state index is 12.1. The molecule has 8 nitrogen and oxygen atoms in total. The van der Waals surface area contributed by atoms with Gasteiger partial charge in [-0.25, -0.2) is 9.59 Å². The van der Waals surface area contributed by atoms with E-state index in [2.05, 4.69) is 16.0 Å². The lowest BCUT2D eigenvalue weighted by atomic mass is 10.2. The predicted octanol–water partition coefficient (Wildman–Crippen LogP) is 1.18. The highest BCUT2D eigenvalue weighted by Crippen LogP contribution is 2.18. The van der Waals surface area contributed by atoms with Crippen LogP contribution in [0.25, 0.3) is 0 Å². The van der Waals surface area contributed by atoms with Crippen LogP contribution in [0.1, 0.15) is 37.0 Å². The van der Waals surface area contributed by atoms with Crippen molar-refractivity contribution < 1.29 is 23.9 Å². The Labute approximate surface area is 138 Å². The molecule has 1 atom stereocenters. The maximum Gasteiger partial charge on any atom is 0.338 e. The number of hydrogen-bond acceptors (Lipinski definition) is 5. The van der Waals surface area contributed by atoms with Crippen LogP contribution in [-0.2, 0) is 14.3 Å². The number of nitrogens with one attached hydrogen (secondary N) is 3. The average Bonchev–Trinajstić information content (AvgIpc) is 3.30. The SMILES string of the molecule is CC(=O)Nc1cccc(C(=O)OC(C)C(=O)NC(=O)NC2CC2)c1. The van der Waals surface area contributed by atoms with Crippen LogP contribution in [0.4, 0.5) is 10.5 Å². The molecule has 1 unspecified atom stereocenters. The van der Waals surface area contributed by atoms with Gasteiger partial charge in [-0.15, -0.1) is 0 Å². The summed E-state index contributed by atoms with van der Waals surface area (Å²) in [5.41, 5.74) is 0.626. The minimum Gasteiger partial charge on any atom is -0.449 e. The molecule has 1 saturated carbocycles. The van der Waals surface area contributed by atoms with Gasteiger partial charge in [-0.3, -0.25) is 14.9 Å². The molecule has 0 heterocycles. The number of esters is 1. The largest absolute Gasteiger partial charge is 0.449 e. The number of rotatable bonds is 5. The predicted molar refractivity (Wildman–Crippen MR) is 85.3 cm³/mol. The summed E-state index contributed by atoms with van der Waals surface area (Å²) < 4.78 is 5.04. The van der Waals surface area contributed by atoms with Gasteiger partial charge in [0.1, 0.15) is 0 Å². The average molecular weight is 333 g/mol.